The summed E-state index contributed by atoms with van der Waals surface area (Å²) in [6.45, 7) is 5.87. The number of benzene rings is 2. The van der Waals surface area contributed by atoms with E-state index in [0.29, 0.717) is 6.54 Å². The molecule has 0 aliphatic heterocycles. The third kappa shape index (κ3) is 5.54. The molecule has 4 nitrogen and oxygen atoms in total. The van der Waals surface area contributed by atoms with Gasteiger partial charge in [0.15, 0.2) is 0 Å². The first kappa shape index (κ1) is 20.9. The number of rotatable bonds is 7. The molecular formula is C21H24ClFN2O2. The summed E-state index contributed by atoms with van der Waals surface area (Å²) in [4.78, 5) is 23.9. The maximum absolute atomic E-state index is 13.1. The van der Waals surface area contributed by atoms with E-state index in [4.69, 9.17) is 11.6 Å². The molecule has 0 fully saturated rings. The van der Waals surface area contributed by atoms with Gasteiger partial charge in [-0.15, -0.1) is 11.6 Å². The normalized spacial score (nSPS) is 12.3. The molecule has 1 atom stereocenters. The van der Waals surface area contributed by atoms with Crippen molar-refractivity contribution in [1.29, 1.82) is 0 Å². The molecule has 0 aliphatic carbocycles. The molecule has 0 radical (unpaired) electrons. The lowest BCUT2D eigenvalue weighted by molar-refractivity contribution is -0.125. The SMILES string of the molecule is CC(NC(=O)CCl)c1ccc(CNC(=O)C(C)(C)c2ccc(F)cc2)cc1. The Morgan fingerprint density at radius 1 is 1.07 bits per heavy atom. The van der Waals surface area contributed by atoms with E-state index in [9.17, 15) is 14.0 Å². The molecule has 6 heteroatoms. The maximum atomic E-state index is 13.1. The quantitative estimate of drug-likeness (QED) is 0.706. The van der Waals surface area contributed by atoms with Gasteiger partial charge in [-0.05, 0) is 49.6 Å². The lowest BCUT2D eigenvalue weighted by atomic mass is 9.83. The summed E-state index contributed by atoms with van der Waals surface area (Å²) in [5, 5.41) is 5.71. The number of amides is 2. The van der Waals surface area contributed by atoms with Crippen molar-refractivity contribution in [3.8, 4) is 0 Å². The van der Waals surface area contributed by atoms with Gasteiger partial charge in [-0.1, -0.05) is 36.4 Å². The third-order valence-corrected chi connectivity index (χ3v) is 4.81. The van der Waals surface area contributed by atoms with E-state index in [2.05, 4.69) is 10.6 Å². The second-order valence-corrected chi connectivity index (χ2v) is 7.25. The average molecular weight is 391 g/mol. The minimum absolute atomic E-state index is 0.0711. The van der Waals surface area contributed by atoms with Crippen LogP contribution in [0, 0.1) is 5.82 Å². The van der Waals surface area contributed by atoms with Crippen LogP contribution in [0.3, 0.4) is 0 Å². The minimum Gasteiger partial charge on any atom is -0.351 e. The molecule has 0 saturated carbocycles. The molecule has 0 heterocycles. The van der Waals surface area contributed by atoms with Crippen molar-refractivity contribution in [3.05, 3.63) is 71.0 Å². The van der Waals surface area contributed by atoms with Crippen molar-refractivity contribution in [2.24, 2.45) is 0 Å². The number of halogens is 2. The van der Waals surface area contributed by atoms with Crippen molar-refractivity contribution >= 4 is 23.4 Å². The summed E-state index contributed by atoms with van der Waals surface area (Å²) >= 11 is 5.50. The highest BCUT2D eigenvalue weighted by molar-refractivity contribution is 6.27. The highest BCUT2D eigenvalue weighted by Gasteiger charge is 2.29. The van der Waals surface area contributed by atoms with Crippen LogP contribution in [0.4, 0.5) is 4.39 Å². The number of hydrogen-bond acceptors (Lipinski definition) is 2. The van der Waals surface area contributed by atoms with Crippen LogP contribution < -0.4 is 10.6 Å². The van der Waals surface area contributed by atoms with Gasteiger partial charge < -0.3 is 10.6 Å². The van der Waals surface area contributed by atoms with Crippen LogP contribution >= 0.6 is 11.6 Å². The Balaban J connectivity index is 1.96. The first-order valence-electron chi connectivity index (χ1n) is 8.72. The zero-order chi connectivity index (χ0) is 20.0. The summed E-state index contributed by atoms with van der Waals surface area (Å²) < 4.78 is 13.1. The monoisotopic (exact) mass is 390 g/mol. The van der Waals surface area contributed by atoms with Crippen LogP contribution in [0.15, 0.2) is 48.5 Å². The molecule has 0 aromatic heterocycles. The third-order valence-electron chi connectivity index (χ3n) is 4.57. The van der Waals surface area contributed by atoms with Crippen molar-refractivity contribution in [2.75, 3.05) is 5.88 Å². The zero-order valence-corrected chi connectivity index (χ0v) is 16.4. The van der Waals surface area contributed by atoms with E-state index in [-0.39, 0.29) is 29.6 Å². The number of carbonyl (C=O) groups excluding carboxylic acids is 2. The van der Waals surface area contributed by atoms with Crippen LogP contribution in [0.1, 0.15) is 43.5 Å². The first-order chi connectivity index (χ1) is 12.7. The zero-order valence-electron chi connectivity index (χ0n) is 15.7. The van der Waals surface area contributed by atoms with Gasteiger partial charge in [-0.25, -0.2) is 4.39 Å². The summed E-state index contributed by atoms with van der Waals surface area (Å²) in [7, 11) is 0. The first-order valence-corrected chi connectivity index (χ1v) is 9.26. The van der Waals surface area contributed by atoms with Gasteiger partial charge in [0, 0.05) is 6.54 Å². The fraction of sp³-hybridized carbons (Fsp3) is 0.333. The Morgan fingerprint density at radius 3 is 2.22 bits per heavy atom. The topological polar surface area (TPSA) is 58.2 Å². The predicted molar refractivity (Wildman–Crippen MR) is 105 cm³/mol. The number of carbonyl (C=O) groups is 2. The Morgan fingerprint density at radius 2 is 1.67 bits per heavy atom. The van der Waals surface area contributed by atoms with Crippen LogP contribution in [0.5, 0.6) is 0 Å². The Hall–Kier alpha value is -2.40. The van der Waals surface area contributed by atoms with Crippen molar-refractivity contribution in [2.45, 2.75) is 38.8 Å². The van der Waals surface area contributed by atoms with E-state index in [1.807, 2.05) is 31.2 Å². The van der Waals surface area contributed by atoms with Gasteiger partial charge in [0.1, 0.15) is 11.7 Å². The molecule has 27 heavy (non-hydrogen) atoms. The van der Waals surface area contributed by atoms with Gasteiger partial charge in [0.05, 0.1) is 11.5 Å². The highest BCUT2D eigenvalue weighted by Crippen LogP contribution is 2.24. The highest BCUT2D eigenvalue weighted by atomic mass is 35.5. The number of hydrogen-bond donors (Lipinski definition) is 2. The van der Waals surface area contributed by atoms with Gasteiger partial charge in [-0.2, -0.15) is 0 Å². The fourth-order valence-electron chi connectivity index (χ4n) is 2.69. The minimum atomic E-state index is -0.770. The average Bonchev–Trinajstić information content (AvgIpc) is 2.66. The van der Waals surface area contributed by atoms with Crippen LogP contribution in [-0.4, -0.2) is 17.7 Å². The summed E-state index contributed by atoms with van der Waals surface area (Å²) in [5.41, 5.74) is 1.88. The molecule has 0 bridgehead atoms. The van der Waals surface area contributed by atoms with Gasteiger partial charge in [0.25, 0.3) is 0 Å². The van der Waals surface area contributed by atoms with Crippen molar-refractivity contribution < 1.29 is 14.0 Å². The Bertz CT molecular complexity index is 789. The van der Waals surface area contributed by atoms with Gasteiger partial charge in [-0.3, -0.25) is 9.59 Å². The van der Waals surface area contributed by atoms with E-state index >= 15 is 0 Å². The van der Waals surface area contributed by atoms with Crippen molar-refractivity contribution in [1.82, 2.24) is 10.6 Å². The largest absolute Gasteiger partial charge is 0.351 e. The molecule has 0 spiro atoms. The molecule has 0 saturated heterocycles. The summed E-state index contributed by atoms with van der Waals surface area (Å²) in [5.74, 6) is -0.755. The van der Waals surface area contributed by atoms with Gasteiger partial charge >= 0.3 is 0 Å². The predicted octanol–water partition coefficient (Wildman–Crippen LogP) is 3.84. The van der Waals surface area contributed by atoms with Crippen LogP contribution in [-0.2, 0) is 21.5 Å². The molecule has 2 amide bonds. The second kappa shape index (κ2) is 9.00. The molecule has 2 aromatic carbocycles. The second-order valence-electron chi connectivity index (χ2n) is 6.98. The van der Waals surface area contributed by atoms with E-state index < -0.39 is 5.41 Å². The lowest BCUT2D eigenvalue weighted by Crippen LogP contribution is -2.39. The number of alkyl halides is 1. The molecule has 144 valence electrons. The maximum Gasteiger partial charge on any atom is 0.235 e. The molecule has 2 aromatic rings. The fourth-order valence-corrected chi connectivity index (χ4v) is 2.77. The molecule has 2 rings (SSSR count). The molecule has 0 aliphatic rings. The Kier molecular flexibility index (Phi) is 6.97. The van der Waals surface area contributed by atoms with Crippen LogP contribution in [0.2, 0.25) is 0 Å². The number of nitrogens with one attached hydrogen (secondary N) is 2. The summed E-state index contributed by atoms with van der Waals surface area (Å²) in [6, 6.07) is 13.4. The standard InChI is InChI=1S/C21H24ClFN2O2/c1-14(25-19(26)12-22)16-6-4-15(5-7-16)13-24-20(27)21(2,3)17-8-10-18(23)11-9-17/h4-11,14H,12-13H2,1-3H3,(H,24,27)(H,25,26). The summed E-state index contributed by atoms with van der Waals surface area (Å²) in [6.07, 6.45) is 0. The van der Waals surface area contributed by atoms with Crippen molar-refractivity contribution in [3.63, 3.8) is 0 Å². The van der Waals surface area contributed by atoms with E-state index in [0.717, 1.165) is 16.7 Å². The van der Waals surface area contributed by atoms with Crippen LogP contribution in [0.25, 0.3) is 0 Å². The smallest absolute Gasteiger partial charge is 0.235 e. The van der Waals surface area contributed by atoms with Gasteiger partial charge in [0.2, 0.25) is 11.8 Å². The lowest BCUT2D eigenvalue weighted by Gasteiger charge is -2.24. The molecule has 1 unspecified atom stereocenters. The van der Waals surface area contributed by atoms with E-state index in [1.54, 1.807) is 26.0 Å². The van der Waals surface area contributed by atoms with E-state index in [1.165, 1.54) is 12.1 Å². The Labute approximate surface area is 164 Å². The molecular weight excluding hydrogens is 367 g/mol. The molecule has 2 N–H and O–H groups in total.